The molecule has 0 saturated carbocycles. The number of piperazine rings is 1. The van der Waals surface area contributed by atoms with Gasteiger partial charge in [-0.25, -0.2) is 0 Å². The summed E-state index contributed by atoms with van der Waals surface area (Å²) in [5.74, 6) is 1.19. The van der Waals surface area contributed by atoms with Crippen LogP contribution in [0, 0.1) is 0 Å². The fraction of sp³-hybridized carbons (Fsp3) is 0.632. The summed E-state index contributed by atoms with van der Waals surface area (Å²) in [5, 5.41) is 2.93. The zero-order chi connectivity index (χ0) is 17.4. The topological polar surface area (TPSA) is 44.8 Å². The molecule has 0 atom stereocenters. The Morgan fingerprint density at radius 2 is 1.83 bits per heavy atom. The molecule has 1 aliphatic heterocycles. The largest absolute Gasteiger partial charge is 0.484 e. The molecule has 0 radical (unpaired) electrons. The Balaban J connectivity index is 1.56. The highest BCUT2D eigenvalue weighted by Crippen LogP contribution is 2.18. The van der Waals surface area contributed by atoms with Gasteiger partial charge in [-0.05, 0) is 43.6 Å². The lowest BCUT2D eigenvalue weighted by Gasteiger charge is -2.32. The van der Waals surface area contributed by atoms with Crippen molar-refractivity contribution in [1.82, 2.24) is 15.1 Å². The SMILES string of the molecule is CC(C)c1ccc(OCC(=O)NCCCN2CCN(C)CC2)cc1. The minimum Gasteiger partial charge on any atom is -0.484 e. The number of benzene rings is 1. The molecule has 0 aromatic heterocycles. The van der Waals surface area contributed by atoms with E-state index < -0.39 is 0 Å². The number of rotatable bonds is 8. The van der Waals surface area contributed by atoms with Crippen LogP contribution in [0.2, 0.25) is 0 Å². The van der Waals surface area contributed by atoms with Crippen LogP contribution in [0.4, 0.5) is 0 Å². The van der Waals surface area contributed by atoms with E-state index in [1.165, 1.54) is 5.56 Å². The van der Waals surface area contributed by atoms with Crippen LogP contribution in [0.25, 0.3) is 0 Å². The number of likely N-dealkylation sites (N-methyl/N-ethyl adjacent to an activating group) is 1. The highest BCUT2D eigenvalue weighted by Gasteiger charge is 2.12. The number of ether oxygens (including phenoxy) is 1. The maximum atomic E-state index is 11.8. The lowest BCUT2D eigenvalue weighted by atomic mass is 10.0. The first kappa shape index (κ1) is 18.7. The quantitative estimate of drug-likeness (QED) is 0.739. The molecule has 1 fully saturated rings. The van der Waals surface area contributed by atoms with Gasteiger partial charge in [-0.2, -0.15) is 0 Å². The normalized spacial score (nSPS) is 16.3. The number of nitrogens with one attached hydrogen (secondary N) is 1. The second-order valence-corrected chi connectivity index (χ2v) is 6.86. The summed E-state index contributed by atoms with van der Waals surface area (Å²) < 4.78 is 5.53. The zero-order valence-electron chi connectivity index (χ0n) is 15.3. The number of carbonyl (C=O) groups is 1. The van der Waals surface area contributed by atoms with E-state index in [4.69, 9.17) is 4.74 Å². The average Bonchev–Trinajstić information content (AvgIpc) is 2.59. The molecule has 0 unspecified atom stereocenters. The maximum Gasteiger partial charge on any atom is 0.257 e. The Morgan fingerprint density at radius 3 is 2.46 bits per heavy atom. The van der Waals surface area contributed by atoms with Crippen LogP contribution < -0.4 is 10.1 Å². The van der Waals surface area contributed by atoms with Crippen molar-refractivity contribution >= 4 is 5.91 Å². The second-order valence-electron chi connectivity index (χ2n) is 6.86. The molecule has 5 heteroatoms. The highest BCUT2D eigenvalue weighted by atomic mass is 16.5. The third-order valence-electron chi connectivity index (χ3n) is 4.49. The molecule has 134 valence electrons. The first-order valence-corrected chi connectivity index (χ1v) is 8.95. The van der Waals surface area contributed by atoms with Crippen molar-refractivity contribution in [2.75, 3.05) is 52.9 Å². The van der Waals surface area contributed by atoms with Crippen molar-refractivity contribution in [3.63, 3.8) is 0 Å². The minimum atomic E-state index is -0.0543. The summed E-state index contributed by atoms with van der Waals surface area (Å²) in [6.45, 7) is 10.7. The Morgan fingerprint density at radius 1 is 1.17 bits per heavy atom. The first-order chi connectivity index (χ1) is 11.5. The molecule has 0 bridgehead atoms. The summed E-state index contributed by atoms with van der Waals surface area (Å²) in [6, 6.07) is 7.95. The smallest absolute Gasteiger partial charge is 0.257 e. The molecule has 1 heterocycles. The fourth-order valence-electron chi connectivity index (χ4n) is 2.75. The maximum absolute atomic E-state index is 11.8. The molecule has 5 nitrogen and oxygen atoms in total. The van der Waals surface area contributed by atoms with Gasteiger partial charge in [-0.15, -0.1) is 0 Å². The molecular weight excluding hydrogens is 302 g/mol. The number of amides is 1. The van der Waals surface area contributed by atoms with E-state index in [1.807, 2.05) is 24.3 Å². The fourth-order valence-corrected chi connectivity index (χ4v) is 2.75. The Bertz CT molecular complexity index is 494. The van der Waals surface area contributed by atoms with E-state index in [9.17, 15) is 4.79 Å². The van der Waals surface area contributed by atoms with Gasteiger partial charge in [0, 0.05) is 32.7 Å². The van der Waals surface area contributed by atoms with Crippen LogP contribution in [-0.2, 0) is 4.79 Å². The van der Waals surface area contributed by atoms with Crippen LogP contribution >= 0.6 is 0 Å². The van der Waals surface area contributed by atoms with E-state index in [0.717, 1.165) is 44.9 Å². The summed E-state index contributed by atoms with van der Waals surface area (Å²) in [4.78, 5) is 16.6. The molecule has 1 aromatic carbocycles. The minimum absolute atomic E-state index is 0.0543. The molecule has 0 aliphatic carbocycles. The molecule has 2 rings (SSSR count). The van der Waals surface area contributed by atoms with Crippen molar-refractivity contribution in [3.05, 3.63) is 29.8 Å². The molecule has 1 aliphatic rings. The van der Waals surface area contributed by atoms with Crippen LogP contribution in [0.3, 0.4) is 0 Å². The van der Waals surface area contributed by atoms with E-state index in [0.29, 0.717) is 12.5 Å². The van der Waals surface area contributed by atoms with Crippen molar-refractivity contribution in [1.29, 1.82) is 0 Å². The Hall–Kier alpha value is -1.59. The molecule has 0 spiro atoms. The molecule has 1 aromatic rings. The predicted octanol–water partition coefficient (Wildman–Crippen LogP) is 1.94. The van der Waals surface area contributed by atoms with Gasteiger partial charge in [-0.3, -0.25) is 4.79 Å². The van der Waals surface area contributed by atoms with Crippen LogP contribution in [0.15, 0.2) is 24.3 Å². The van der Waals surface area contributed by atoms with E-state index in [2.05, 4.69) is 36.0 Å². The third-order valence-corrected chi connectivity index (χ3v) is 4.49. The van der Waals surface area contributed by atoms with Gasteiger partial charge in [0.15, 0.2) is 6.61 Å². The second kappa shape index (κ2) is 9.64. The number of hydrogen-bond donors (Lipinski definition) is 1. The standard InChI is InChI=1S/C19H31N3O2/c1-16(2)17-5-7-18(8-6-17)24-15-19(23)20-9-4-10-22-13-11-21(3)12-14-22/h5-8,16H,4,9-15H2,1-3H3,(H,20,23). The van der Waals surface area contributed by atoms with Gasteiger partial charge < -0.3 is 19.9 Å². The summed E-state index contributed by atoms with van der Waals surface area (Å²) in [7, 11) is 2.16. The van der Waals surface area contributed by atoms with E-state index in [1.54, 1.807) is 0 Å². The van der Waals surface area contributed by atoms with Gasteiger partial charge in [0.25, 0.3) is 5.91 Å². The number of hydrogen-bond acceptors (Lipinski definition) is 4. The average molecular weight is 333 g/mol. The van der Waals surface area contributed by atoms with E-state index in [-0.39, 0.29) is 12.5 Å². The van der Waals surface area contributed by atoms with Crippen molar-refractivity contribution < 1.29 is 9.53 Å². The van der Waals surface area contributed by atoms with Crippen LogP contribution in [0.5, 0.6) is 5.75 Å². The summed E-state index contributed by atoms with van der Waals surface area (Å²) in [6.07, 6.45) is 0.985. The summed E-state index contributed by atoms with van der Waals surface area (Å²) >= 11 is 0. The van der Waals surface area contributed by atoms with Gasteiger partial charge in [0.2, 0.25) is 0 Å². The van der Waals surface area contributed by atoms with Gasteiger partial charge in [-0.1, -0.05) is 26.0 Å². The molecular formula is C19H31N3O2. The molecule has 1 saturated heterocycles. The molecule has 1 amide bonds. The predicted molar refractivity (Wildman–Crippen MR) is 97.6 cm³/mol. The van der Waals surface area contributed by atoms with Gasteiger partial charge >= 0.3 is 0 Å². The highest BCUT2D eigenvalue weighted by molar-refractivity contribution is 5.77. The Labute approximate surface area is 146 Å². The van der Waals surface area contributed by atoms with Crippen molar-refractivity contribution in [3.8, 4) is 5.75 Å². The van der Waals surface area contributed by atoms with Crippen LogP contribution in [0.1, 0.15) is 31.7 Å². The lowest BCUT2D eigenvalue weighted by Crippen LogP contribution is -2.45. The lowest BCUT2D eigenvalue weighted by molar-refractivity contribution is -0.123. The molecule has 1 N–H and O–H groups in total. The van der Waals surface area contributed by atoms with Crippen molar-refractivity contribution in [2.45, 2.75) is 26.2 Å². The summed E-state index contributed by atoms with van der Waals surface area (Å²) in [5.41, 5.74) is 1.27. The monoisotopic (exact) mass is 333 g/mol. The zero-order valence-corrected chi connectivity index (χ0v) is 15.3. The third kappa shape index (κ3) is 6.49. The van der Waals surface area contributed by atoms with Crippen molar-refractivity contribution in [2.24, 2.45) is 0 Å². The number of carbonyl (C=O) groups excluding carboxylic acids is 1. The Kier molecular flexibility index (Phi) is 7.53. The molecule has 24 heavy (non-hydrogen) atoms. The van der Waals surface area contributed by atoms with Gasteiger partial charge in [0.1, 0.15) is 5.75 Å². The number of nitrogens with zero attached hydrogens (tertiary/aromatic N) is 2. The van der Waals surface area contributed by atoms with E-state index >= 15 is 0 Å². The van der Waals surface area contributed by atoms with Crippen LogP contribution in [-0.4, -0.2) is 68.6 Å². The first-order valence-electron chi connectivity index (χ1n) is 8.95. The van der Waals surface area contributed by atoms with Gasteiger partial charge in [0.05, 0.1) is 0 Å².